The van der Waals surface area contributed by atoms with Crippen LogP contribution in [0.1, 0.15) is 36.2 Å². The van der Waals surface area contributed by atoms with Crippen molar-refractivity contribution in [2.24, 2.45) is 5.73 Å². The molecular formula is C14H17FN2OS. The quantitative estimate of drug-likeness (QED) is 0.912. The van der Waals surface area contributed by atoms with Gasteiger partial charge in [-0.3, -0.25) is 0 Å². The van der Waals surface area contributed by atoms with E-state index < -0.39 is 0 Å². The van der Waals surface area contributed by atoms with Gasteiger partial charge in [-0.15, -0.1) is 11.3 Å². The van der Waals surface area contributed by atoms with Gasteiger partial charge in [0.25, 0.3) is 0 Å². The predicted molar refractivity (Wildman–Crippen MR) is 74.8 cm³/mol. The largest absolute Gasteiger partial charge is 0.484 e. The number of ether oxygens (including phenoxy) is 1. The Balaban J connectivity index is 2.03. The van der Waals surface area contributed by atoms with E-state index in [1.165, 1.54) is 6.07 Å². The molecule has 1 heterocycles. The summed E-state index contributed by atoms with van der Waals surface area (Å²) in [6.07, 6.45) is 0.905. The molecule has 0 aliphatic carbocycles. The first-order valence-corrected chi connectivity index (χ1v) is 7.09. The van der Waals surface area contributed by atoms with Gasteiger partial charge in [0.05, 0.1) is 10.7 Å². The summed E-state index contributed by atoms with van der Waals surface area (Å²) >= 11 is 1.59. The highest BCUT2D eigenvalue weighted by molar-refractivity contribution is 7.09. The van der Waals surface area contributed by atoms with Crippen LogP contribution in [0.5, 0.6) is 5.75 Å². The Morgan fingerprint density at radius 1 is 1.47 bits per heavy atom. The first-order valence-electron chi connectivity index (χ1n) is 6.21. The van der Waals surface area contributed by atoms with Crippen LogP contribution < -0.4 is 10.5 Å². The maximum absolute atomic E-state index is 13.8. The Morgan fingerprint density at radius 2 is 2.26 bits per heavy atom. The second-order valence-electron chi connectivity index (χ2n) is 4.35. The SMILES string of the molecule is CCc1nc(COc2ccc([C@@H](C)N)cc2F)cs1. The summed E-state index contributed by atoms with van der Waals surface area (Å²) in [5, 5.41) is 3.00. The summed E-state index contributed by atoms with van der Waals surface area (Å²) < 4.78 is 19.2. The molecule has 2 N–H and O–H groups in total. The highest BCUT2D eigenvalue weighted by Gasteiger charge is 2.08. The van der Waals surface area contributed by atoms with Crippen LogP contribution in [0.4, 0.5) is 4.39 Å². The molecule has 1 aromatic heterocycles. The van der Waals surface area contributed by atoms with Crippen molar-refractivity contribution in [1.29, 1.82) is 0 Å². The Hall–Kier alpha value is -1.46. The van der Waals surface area contributed by atoms with E-state index in [0.717, 1.165) is 22.7 Å². The Labute approximate surface area is 116 Å². The van der Waals surface area contributed by atoms with Crippen molar-refractivity contribution in [3.8, 4) is 5.75 Å². The Morgan fingerprint density at radius 3 is 2.84 bits per heavy atom. The van der Waals surface area contributed by atoms with Gasteiger partial charge >= 0.3 is 0 Å². The number of benzene rings is 1. The van der Waals surface area contributed by atoms with E-state index in [1.54, 1.807) is 23.5 Å². The van der Waals surface area contributed by atoms with E-state index in [4.69, 9.17) is 10.5 Å². The fraction of sp³-hybridized carbons (Fsp3) is 0.357. The number of aromatic nitrogens is 1. The van der Waals surface area contributed by atoms with Crippen LogP contribution in [0.25, 0.3) is 0 Å². The minimum absolute atomic E-state index is 0.186. The molecule has 0 spiro atoms. The van der Waals surface area contributed by atoms with Crippen molar-refractivity contribution in [1.82, 2.24) is 4.98 Å². The van der Waals surface area contributed by atoms with E-state index in [1.807, 2.05) is 12.3 Å². The van der Waals surface area contributed by atoms with Gasteiger partial charge in [0, 0.05) is 11.4 Å². The van der Waals surface area contributed by atoms with Crippen LogP contribution in [-0.2, 0) is 13.0 Å². The summed E-state index contributed by atoms with van der Waals surface area (Å²) in [7, 11) is 0. The number of nitrogens with two attached hydrogens (primary N) is 1. The van der Waals surface area contributed by atoms with E-state index in [0.29, 0.717) is 0 Å². The molecule has 5 heteroatoms. The van der Waals surface area contributed by atoms with Gasteiger partial charge in [-0.1, -0.05) is 13.0 Å². The van der Waals surface area contributed by atoms with Crippen LogP contribution >= 0.6 is 11.3 Å². The summed E-state index contributed by atoms with van der Waals surface area (Å²) in [6, 6.07) is 4.62. The maximum Gasteiger partial charge on any atom is 0.165 e. The molecule has 0 saturated heterocycles. The van der Waals surface area contributed by atoms with Gasteiger partial charge in [-0.25, -0.2) is 9.37 Å². The fourth-order valence-electron chi connectivity index (χ4n) is 1.65. The van der Waals surface area contributed by atoms with Gasteiger partial charge < -0.3 is 10.5 Å². The Bertz CT molecular complexity index is 554. The van der Waals surface area contributed by atoms with Crippen molar-refractivity contribution in [3.63, 3.8) is 0 Å². The lowest BCUT2D eigenvalue weighted by molar-refractivity contribution is 0.286. The van der Waals surface area contributed by atoms with E-state index in [-0.39, 0.29) is 24.2 Å². The third-order valence-corrected chi connectivity index (χ3v) is 3.80. The summed E-state index contributed by atoms with van der Waals surface area (Å²) in [4.78, 5) is 4.37. The molecular weight excluding hydrogens is 263 g/mol. The molecule has 0 fully saturated rings. The zero-order valence-corrected chi connectivity index (χ0v) is 11.8. The van der Waals surface area contributed by atoms with E-state index in [9.17, 15) is 4.39 Å². The average Bonchev–Trinajstić information content (AvgIpc) is 2.85. The lowest BCUT2D eigenvalue weighted by atomic mass is 10.1. The molecule has 0 aliphatic heterocycles. The molecule has 0 amide bonds. The van der Waals surface area contributed by atoms with Crippen LogP contribution in [0.3, 0.4) is 0 Å². The van der Waals surface area contributed by atoms with Crippen LogP contribution in [0.15, 0.2) is 23.6 Å². The summed E-state index contributed by atoms with van der Waals surface area (Å²) in [5.74, 6) is -0.156. The first-order chi connectivity index (χ1) is 9.10. The monoisotopic (exact) mass is 280 g/mol. The molecule has 1 atom stereocenters. The number of nitrogens with zero attached hydrogens (tertiary/aromatic N) is 1. The van der Waals surface area contributed by atoms with Gasteiger partial charge in [0.2, 0.25) is 0 Å². The summed E-state index contributed by atoms with van der Waals surface area (Å²) in [6.45, 7) is 4.15. The number of aryl methyl sites for hydroxylation is 1. The fourth-order valence-corrected chi connectivity index (χ4v) is 2.38. The van der Waals surface area contributed by atoms with Gasteiger partial charge in [0.1, 0.15) is 6.61 Å². The molecule has 2 rings (SSSR count). The van der Waals surface area contributed by atoms with Crippen molar-refractivity contribution in [3.05, 3.63) is 45.7 Å². The normalized spacial score (nSPS) is 12.4. The molecule has 2 aromatic rings. The molecule has 0 aliphatic rings. The number of hydrogen-bond acceptors (Lipinski definition) is 4. The third-order valence-electron chi connectivity index (χ3n) is 2.76. The number of hydrogen-bond donors (Lipinski definition) is 1. The number of halogens is 1. The van der Waals surface area contributed by atoms with Crippen molar-refractivity contribution in [2.45, 2.75) is 32.9 Å². The highest BCUT2D eigenvalue weighted by atomic mass is 32.1. The molecule has 3 nitrogen and oxygen atoms in total. The second kappa shape index (κ2) is 6.12. The number of rotatable bonds is 5. The second-order valence-corrected chi connectivity index (χ2v) is 5.30. The van der Waals surface area contributed by atoms with E-state index >= 15 is 0 Å². The molecule has 0 saturated carbocycles. The number of thiazole rings is 1. The first kappa shape index (κ1) is 14.0. The highest BCUT2D eigenvalue weighted by Crippen LogP contribution is 2.22. The third kappa shape index (κ3) is 3.52. The summed E-state index contributed by atoms with van der Waals surface area (Å²) in [5.41, 5.74) is 7.29. The van der Waals surface area contributed by atoms with Crippen LogP contribution in [0, 0.1) is 5.82 Å². The standard InChI is InChI=1S/C14H17FN2OS/c1-3-14-17-11(8-19-14)7-18-13-5-4-10(9(2)16)6-12(13)15/h4-6,8-9H,3,7,16H2,1-2H3/t9-/m1/s1. The lowest BCUT2D eigenvalue weighted by Crippen LogP contribution is -2.06. The maximum atomic E-state index is 13.8. The predicted octanol–water partition coefficient (Wildman–Crippen LogP) is 3.44. The van der Waals surface area contributed by atoms with Gasteiger partial charge in [0.15, 0.2) is 11.6 Å². The molecule has 0 bridgehead atoms. The van der Waals surface area contributed by atoms with Gasteiger partial charge in [-0.05, 0) is 31.0 Å². The smallest absolute Gasteiger partial charge is 0.165 e. The van der Waals surface area contributed by atoms with Crippen LogP contribution in [-0.4, -0.2) is 4.98 Å². The van der Waals surface area contributed by atoms with Crippen LogP contribution in [0.2, 0.25) is 0 Å². The van der Waals surface area contributed by atoms with Gasteiger partial charge in [-0.2, -0.15) is 0 Å². The molecule has 0 radical (unpaired) electrons. The molecule has 102 valence electrons. The van der Waals surface area contributed by atoms with E-state index in [2.05, 4.69) is 11.9 Å². The Kier molecular flexibility index (Phi) is 4.50. The minimum Gasteiger partial charge on any atom is -0.484 e. The van der Waals surface area contributed by atoms with Crippen molar-refractivity contribution >= 4 is 11.3 Å². The van der Waals surface area contributed by atoms with Crippen molar-refractivity contribution in [2.75, 3.05) is 0 Å². The zero-order chi connectivity index (χ0) is 13.8. The minimum atomic E-state index is -0.388. The average molecular weight is 280 g/mol. The zero-order valence-electron chi connectivity index (χ0n) is 11.0. The topological polar surface area (TPSA) is 48.1 Å². The molecule has 0 unspecified atom stereocenters. The molecule has 19 heavy (non-hydrogen) atoms. The lowest BCUT2D eigenvalue weighted by Gasteiger charge is -2.09. The van der Waals surface area contributed by atoms with Crippen molar-refractivity contribution < 1.29 is 9.13 Å². The molecule has 1 aromatic carbocycles.